The Morgan fingerprint density at radius 2 is 1.53 bits per heavy atom. The maximum absolute atomic E-state index is 12.7. The molecule has 7 nitrogen and oxygen atoms in total. The molecular formula is C25H26N4O3. The Morgan fingerprint density at radius 1 is 0.875 bits per heavy atom. The largest absolute Gasteiger partial charge is 0.497 e. The Labute approximate surface area is 187 Å². The third kappa shape index (κ3) is 4.88. The summed E-state index contributed by atoms with van der Waals surface area (Å²) in [6.07, 6.45) is 1.66. The SMILES string of the molecule is COc1ccc(C(=O)N2CCN(c3ccc(NC(=O)c4ccc(C)cc4)cn3)CC2)cc1. The lowest BCUT2D eigenvalue weighted by molar-refractivity contribution is 0.0746. The van der Waals surface area contributed by atoms with Crippen molar-refractivity contribution in [3.8, 4) is 5.75 Å². The topological polar surface area (TPSA) is 74.8 Å². The molecule has 0 spiro atoms. The minimum Gasteiger partial charge on any atom is -0.497 e. The van der Waals surface area contributed by atoms with Crippen molar-refractivity contribution in [3.63, 3.8) is 0 Å². The molecule has 0 unspecified atom stereocenters. The van der Waals surface area contributed by atoms with Crippen molar-refractivity contribution in [2.75, 3.05) is 43.5 Å². The molecule has 1 fully saturated rings. The number of hydrogen-bond acceptors (Lipinski definition) is 5. The number of nitrogens with zero attached hydrogens (tertiary/aromatic N) is 3. The van der Waals surface area contributed by atoms with Gasteiger partial charge in [-0.2, -0.15) is 0 Å². The van der Waals surface area contributed by atoms with E-state index in [1.807, 2.05) is 36.1 Å². The van der Waals surface area contributed by atoms with Crippen LogP contribution in [0.15, 0.2) is 66.9 Å². The van der Waals surface area contributed by atoms with Gasteiger partial charge in [-0.1, -0.05) is 17.7 Å². The van der Waals surface area contributed by atoms with Gasteiger partial charge in [0.1, 0.15) is 11.6 Å². The highest BCUT2D eigenvalue weighted by atomic mass is 16.5. The fourth-order valence-electron chi connectivity index (χ4n) is 3.61. The summed E-state index contributed by atoms with van der Waals surface area (Å²) < 4.78 is 5.15. The molecule has 3 aromatic rings. The molecule has 1 aliphatic heterocycles. The molecule has 4 rings (SSSR count). The first kappa shape index (κ1) is 21.4. The number of nitrogens with one attached hydrogen (secondary N) is 1. The molecule has 2 aromatic carbocycles. The van der Waals surface area contributed by atoms with Crippen LogP contribution in [0.5, 0.6) is 5.75 Å². The number of hydrogen-bond donors (Lipinski definition) is 1. The number of rotatable bonds is 5. The van der Waals surface area contributed by atoms with Crippen LogP contribution in [0.3, 0.4) is 0 Å². The number of pyridine rings is 1. The van der Waals surface area contributed by atoms with Crippen LogP contribution in [-0.4, -0.2) is 55.0 Å². The van der Waals surface area contributed by atoms with E-state index in [-0.39, 0.29) is 11.8 Å². The van der Waals surface area contributed by atoms with E-state index in [4.69, 9.17) is 4.74 Å². The number of piperazine rings is 1. The predicted octanol–water partition coefficient (Wildman–Crippen LogP) is 3.61. The number of methoxy groups -OCH3 is 1. The van der Waals surface area contributed by atoms with Crippen molar-refractivity contribution in [1.82, 2.24) is 9.88 Å². The van der Waals surface area contributed by atoms with Gasteiger partial charge in [-0.3, -0.25) is 9.59 Å². The van der Waals surface area contributed by atoms with Crippen molar-refractivity contribution in [1.29, 1.82) is 0 Å². The van der Waals surface area contributed by atoms with Crippen molar-refractivity contribution >= 4 is 23.3 Å². The van der Waals surface area contributed by atoms with Crippen LogP contribution < -0.4 is 15.0 Å². The summed E-state index contributed by atoms with van der Waals surface area (Å²) in [6.45, 7) is 4.63. The number of benzene rings is 2. The molecule has 7 heteroatoms. The van der Waals surface area contributed by atoms with Crippen LogP contribution >= 0.6 is 0 Å². The van der Waals surface area contributed by atoms with E-state index in [1.165, 1.54) is 0 Å². The molecule has 0 atom stereocenters. The van der Waals surface area contributed by atoms with Gasteiger partial charge in [-0.15, -0.1) is 0 Å². The third-order valence-corrected chi connectivity index (χ3v) is 5.55. The average Bonchev–Trinajstić information content (AvgIpc) is 2.84. The lowest BCUT2D eigenvalue weighted by Crippen LogP contribution is -2.49. The molecule has 1 saturated heterocycles. The highest BCUT2D eigenvalue weighted by Gasteiger charge is 2.23. The second-order valence-electron chi connectivity index (χ2n) is 7.73. The molecule has 0 saturated carbocycles. The zero-order chi connectivity index (χ0) is 22.5. The van der Waals surface area contributed by atoms with Gasteiger partial charge in [-0.05, 0) is 55.5 Å². The summed E-state index contributed by atoms with van der Waals surface area (Å²) in [6, 6.07) is 18.4. The predicted molar refractivity (Wildman–Crippen MR) is 124 cm³/mol. The number of carbonyl (C=O) groups excluding carboxylic acids is 2. The minimum atomic E-state index is -0.162. The maximum atomic E-state index is 12.7. The van der Waals surface area contributed by atoms with Crippen LogP contribution in [0.25, 0.3) is 0 Å². The Morgan fingerprint density at radius 3 is 2.12 bits per heavy atom. The molecule has 2 heterocycles. The van der Waals surface area contributed by atoms with Gasteiger partial charge in [0.25, 0.3) is 11.8 Å². The lowest BCUT2D eigenvalue weighted by atomic mass is 10.1. The summed E-state index contributed by atoms with van der Waals surface area (Å²) in [7, 11) is 1.61. The Kier molecular flexibility index (Phi) is 6.35. The molecule has 32 heavy (non-hydrogen) atoms. The van der Waals surface area contributed by atoms with Crippen LogP contribution in [0.1, 0.15) is 26.3 Å². The van der Waals surface area contributed by atoms with Gasteiger partial charge in [0.15, 0.2) is 0 Å². The summed E-state index contributed by atoms with van der Waals surface area (Å²) >= 11 is 0. The normalized spacial score (nSPS) is 13.6. The third-order valence-electron chi connectivity index (χ3n) is 5.55. The van der Waals surface area contributed by atoms with E-state index < -0.39 is 0 Å². The molecule has 1 aromatic heterocycles. The van der Waals surface area contributed by atoms with Crippen LogP contribution in [0.4, 0.5) is 11.5 Å². The fraction of sp³-hybridized carbons (Fsp3) is 0.240. The average molecular weight is 431 g/mol. The molecule has 1 N–H and O–H groups in total. The van der Waals surface area contributed by atoms with E-state index in [0.717, 1.165) is 17.1 Å². The van der Waals surface area contributed by atoms with E-state index in [9.17, 15) is 9.59 Å². The molecular weight excluding hydrogens is 404 g/mol. The number of aryl methyl sites for hydroxylation is 1. The van der Waals surface area contributed by atoms with Gasteiger partial charge < -0.3 is 19.9 Å². The van der Waals surface area contributed by atoms with Gasteiger partial charge in [0.2, 0.25) is 0 Å². The van der Waals surface area contributed by atoms with Crippen molar-refractivity contribution in [2.45, 2.75) is 6.92 Å². The summed E-state index contributed by atoms with van der Waals surface area (Å²) in [5.41, 5.74) is 3.02. The van der Waals surface area contributed by atoms with Crippen LogP contribution in [-0.2, 0) is 0 Å². The van der Waals surface area contributed by atoms with Gasteiger partial charge >= 0.3 is 0 Å². The lowest BCUT2D eigenvalue weighted by Gasteiger charge is -2.35. The van der Waals surface area contributed by atoms with Crippen LogP contribution in [0.2, 0.25) is 0 Å². The zero-order valence-corrected chi connectivity index (χ0v) is 18.2. The van der Waals surface area contributed by atoms with Crippen molar-refractivity contribution < 1.29 is 14.3 Å². The number of aromatic nitrogens is 1. The molecule has 0 bridgehead atoms. The molecule has 0 aliphatic carbocycles. The number of amides is 2. The highest BCUT2D eigenvalue weighted by Crippen LogP contribution is 2.19. The number of carbonyl (C=O) groups is 2. The second-order valence-corrected chi connectivity index (χ2v) is 7.73. The second kappa shape index (κ2) is 9.51. The van der Waals surface area contributed by atoms with E-state index in [1.54, 1.807) is 49.7 Å². The van der Waals surface area contributed by atoms with E-state index in [2.05, 4.69) is 15.2 Å². The Balaban J connectivity index is 1.32. The maximum Gasteiger partial charge on any atom is 0.255 e. The van der Waals surface area contributed by atoms with Crippen molar-refractivity contribution in [2.24, 2.45) is 0 Å². The number of ether oxygens (including phenoxy) is 1. The van der Waals surface area contributed by atoms with E-state index >= 15 is 0 Å². The smallest absolute Gasteiger partial charge is 0.255 e. The van der Waals surface area contributed by atoms with Gasteiger partial charge in [-0.25, -0.2) is 4.98 Å². The molecule has 164 valence electrons. The Bertz CT molecular complexity index is 1070. The summed E-state index contributed by atoms with van der Waals surface area (Å²) in [4.78, 5) is 33.6. The van der Waals surface area contributed by atoms with Crippen LogP contribution in [0, 0.1) is 6.92 Å². The Hall–Kier alpha value is -3.87. The first-order valence-electron chi connectivity index (χ1n) is 10.6. The first-order chi connectivity index (χ1) is 15.5. The number of anilines is 2. The van der Waals surface area contributed by atoms with E-state index in [0.29, 0.717) is 43.0 Å². The molecule has 2 amide bonds. The summed E-state index contributed by atoms with van der Waals surface area (Å²) in [5, 5.41) is 2.87. The standard InChI is InChI=1S/C25H26N4O3/c1-18-3-5-19(6-4-18)24(30)27-21-9-12-23(26-17-21)28-13-15-29(16-14-28)25(31)20-7-10-22(32-2)11-8-20/h3-12,17H,13-16H2,1-2H3,(H,27,30). The summed E-state index contributed by atoms with van der Waals surface area (Å²) in [5.74, 6) is 1.42. The fourth-order valence-corrected chi connectivity index (χ4v) is 3.61. The van der Waals surface area contributed by atoms with Crippen molar-refractivity contribution in [3.05, 3.63) is 83.6 Å². The minimum absolute atomic E-state index is 0.0226. The first-order valence-corrected chi connectivity index (χ1v) is 10.6. The quantitative estimate of drug-likeness (QED) is 0.669. The molecule has 0 radical (unpaired) electrons. The van der Waals surface area contributed by atoms with Gasteiger partial charge in [0, 0.05) is 37.3 Å². The monoisotopic (exact) mass is 430 g/mol. The highest BCUT2D eigenvalue weighted by molar-refractivity contribution is 6.04. The van der Waals surface area contributed by atoms with Gasteiger partial charge in [0.05, 0.1) is 19.0 Å². The molecule has 1 aliphatic rings. The zero-order valence-electron chi connectivity index (χ0n) is 18.2.